The van der Waals surface area contributed by atoms with E-state index in [9.17, 15) is 29.4 Å². The summed E-state index contributed by atoms with van der Waals surface area (Å²) in [7, 11) is 0. The number of rotatable bonds is 7. The normalized spacial score (nSPS) is 18.1. The predicted molar refractivity (Wildman–Crippen MR) is 136 cm³/mol. The van der Waals surface area contributed by atoms with Gasteiger partial charge in [-0.3, -0.25) is 19.2 Å². The Morgan fingerprint density at radius 2 is 1.16 bits per heavy atom. The number of ether oxygens (including phenoxy) is 2. The van der Waals surface area contributed by atoms with Crippen molar-refractivity contribution in [3.63, 3.8) is 0 Å². The van der Waals surface area contributed by atoms with Gasteiger partial charge in [-0.05, 0) is 52.4 Å². The summed E-state index contributed by atoms with van der Waals surface area (Å²) < 4.78 is 9.28. The molecule has 37 heavy (non-hydrogen) atoms. The molecule has 0 heterocycles. The van der Waals surface area contributed by atoms with Gasteiger partial charge in [0.05, 0.1) is 37.3 Å². The summed E-state index contributed by atoms with van der Waals surface area (Å²) in [5.41, 5.74) is -1.64. The number of aliphatic hydroxyl groups is 2. The van der Waals surface area contributed by atoms with Crippen LogP contribution in [0.4, 0.5) is 0 Å². The van der Waals surface area contributed by atoms with Crippen LogP contribution in [0.15, 0.2) is 0 Å². The molecule has 3 fully saturated rings. The molecule has 0 spiro atoms. The third kappa shape index (κ3) is 21.6. The van der Waals surface area contributed by atoms with Crippen LogP contribution in [0.3, 0.4) is 0 Å². The van der Waals surface area contributed by atoms with Crippen LogP contribution in [0.25, 0.3) is 0 Å². The van der Waals surface area contributed by atoms with Crippen molar-refractivity contribution in [2.24, 2.45) is 0 Å². The third-order valence-electron chi connectivity index (χ3n) is 5.90. The molecule has 3 aliphatic rings. The van der Waals surface area contributed by atoms with E-state index in [0.717, 1.165) is 64.2 Å². The Kier molecular flexibility index (Phi) is 25.2. The minimum Gasteiger partial charge on any atom is -0.870 e. The van der Waals surface area contributed by atoms with E-state index in [1.807, 2.05) is 0 Å². The van der Waals surface area contributed by atoms with Gasteiger partial charge in [0.2, 0.25) is 0 Å². The SMILES string of the molecule is CCOC(=O)CBr.CCOC(=O)CC1(O)CCCC1.O=C(O)CC1(O)CCCC1.O=C1CCCC1.[Li+].[OH-]. The monoisotopic (exact) mass is 590 g/mol. The number of esters is 2. The molecule has 3 rings (SSSR count). The van der Waals surface area contributed by atoms with Gasteiger partial charge in [0, 0.05) is 12.8 Å². The van der Waals surface area contributed by atoms with Gasteiger partial charge < -0.3 is 30.3 Å². The quantitative estimate of drug-likeness (QED) is 0.219. The topological polar surface area (TPSA) is 177 Å². The molecule has 4 N–H and O–H groups in total. The molecule has 0 aromatic heterocycles. The van der Waals surface area contributed by atoms with Gasteiger partial charge in [-0.25, -0.2) is 0 Å². The first-order valence-corrected chi connectivity index (χ1v) is 13.7. The molecule has 12 heteroatoms. The van der Waals surface area contributed by atoms with Crippen LogP contribution >= 0.6 is 15.9 Å². The number of carboxylic acids is 1. The Hall–Kier alpha value is -0.963. The Morgan fingerprint density at radius 3 is 1.43 bits per heavy atom. The molecule has 0 aromatic carbocycles. The molecule has 0 aromatic rings. The fourth-order valence-corrected chi connectivity index (χ4v) is 4.31. The van der Waals surface area contributed by atoms with Crippen LogP contribution in [-0.2, 0) is 28.7 Å². The van der Waals surface area contributed by atoms with E-state index in [4.69, 9.17) is 9.84 Å². The molecule has 0 atom stereocenters. The number of hydrogen-bond donors (Lipinski definition) is 3. The van der Waals surface area contributed by atoms with Gasteiger partial charge in [0.25, 0.3) is 0 Å². The first-order chi connectivity index (χ1) is 16.5. The number of halogens is 1. The molecule has 212 valence electrons. The molecule has 3 aliphatic carbocycles. The zero-order valence-electron chi connectivity index (χ0n) is 22.6. The zero-order chi connectivity index (χ0) is 26.7. The van der Waals surface area contributed by atoms with Gasteiger partial charge >= 0.3 is 36.8 Å². The summed E-state index contributed by atoms with van der Waals surface area (Å²) in [6.45, 7) is 4.41. The van der Waals surface area contributed by atoms with Crippen LogP contribution in [0.2, 0.25) is 0 Å². The van der Waals surface area contributed by atoms with E-state index in [1.54, 1.807) is 13.8 Å². The van der Waals surface area contributed by atoms with Gasteiger partial charge in [0.1, 0.15) is 11.1 Å². The summed E-state index contributed by atoms with van der Waals surface area (Å²) in [5.74, 6) is -0.927. The molecule has 0 amide bonds. The predicted octanol–water partition coefficient (Wildman–Crippen LogP) is 0.912. The zero-order valence-corrected chi connectivity index (χ0v) is 24.2. The van der Waals surface area contributed by atoms with E-state index < -0.39 is 17.2 Å². The van der Waals surface area contributed by atoms with Crippen LogP contribution in [0.5, 0.6) is 0 Å². The number of carboxylic acid groups (broad SMARTS) is 1. The first kappa shape index (κ1) is 40.5. The Morgan fingerprint density at radius 1 is 0.784 bits per heavy atom. The fraction of sp³-hybridized carbons (Fsp3) is 0.840. The van der Waals surface area contributed by atoms with Gasteiger partial charge in [0.15, 0.2) is 0 Å². The number of ketones is 1. The largest absolute Gasteiger partial charge is 1.00 e. The Labute approximate surface area is 240 Å². The van der Waals surface area contributed by atoms with Crippen molar-refractivity contribution in [1.82, 2.24) is 0 Å². The van der Waals surface area contributed by atoms with Crippen LogP contribution in [-0.4, -0.2) is 74.2 Å². The Bertz CT molecular complexity index is 639. The molecule has 3 saturated carbocycles. The first-order valence-electron chi connectivity index (χ1n) is 12.5. The average molecular weight is 591 g/mol. The number of alkyl halides is 1. The number of aliphatic carboxylic acids is 1. The van der Waals surface area contributed by atoms with Crippen molar-refractivity contribution >= 4 is 39.6 Å². The second kappa shape index (κ2) is 23.0. The third-order valence-corrected chi connectivity index (χ3v) is 6.36. The molecular weight excluding hydrogens is 547 g/mol. The molecule has 0 saturated heterocycles. The number of carbonyl (C=O) groups excluding carboxylic acids is 3. The van der Waals surface area contributed by atoms with Crippen LogP contribution < -0.4 is 18.9 Å². The Balaban J connectivity index is -0.000000423. The standard InChI is InChI=1S/C9H16O3.C7H12O3.C5H8O.C4H7BrO2.Li.H2O/c1-2-12-8(10)7-9(11)5-3-4-6-9;8-6(9)5-7(10)3-1-2-4-7;6-5-3-1-2-4-5;1-2-7-4(6)3-5;;/h11H,2-7H2,1H3;10H,1-5H2,(H,8,9);1-4H2;2-3H2,1H3;;1H2/q;;;;+1;/p-1. The van der Waals surface area contributed by atoms with Crippen LogP contribution in [0, 0.1) is 0 Å². The molecule has 10 nitrogen and oxygen atoms in total. The minimum absolute atomic E-state index is 0. The van der Waals surface area contributed by atoms with Gasteiger partial charge in [-0.1, -0.05) is 41.6 Å². The van der Waals surface area contributed by atoms with Crippen molar-refractivity contribution in [2.75, 3.05) is 18.5 Å². The molecule has 0 radical (unpaired) electrons. The van der Waals surface area contributed by atoms with Crippen LogP contribution in [0.1, 0.15) is 104 Å². The maximum atomic E-state index is 11.0. The van der Waals surface area contributed by atoms with Gasteiger partial charge in [-0.15, -0.1) is 0 Å². The van der Waals surface area contributed by atoms with Crippen molar-refractivity contribution in [1.29, 1.82) is 0 Å². The number of carbonyl (C=O) groups is 4. The molecular formula is C25H44BrLiO10. The van der Waals surface area contributed by atoms with Crippen molar-refractivity contribution in [3.8, 4) is 0 Å². The van der Waals surface area contributed by atoms with E-state index in [0.29, 0.717) is 37.2 Å². The summed E-state index contributed by atoms with van der Waals surface area (Å²) in [4.78, 5) is 41.6. The minimum atomic E-state index is -0.899. The summed E-state index contributed by atoms with van der Waals surface area (Å²) in [6, 6.07) is 0. The summed E-state index contributed by atoms with van der Waals surface area (Å²) in [5, 5.41) is 27.9. The van der Waals surface area contributed by atoms with E-state index in [2.05, 4.69) is 20.7 Å². The van der Waals surface area contributed by atoms with E-state index >= 15 is 0 Å². The van der Waals surface area contributed by atoms with Gasteiger partial charge in [-0.2, -0.15) is 0 Å². The average Bonchev–Trinajstić information content (AvgIpc) is 3.53. The van der Waals surface area contributed by atoms with Crippen molar-refractivity contribution in [2.45, 2.75) is 115 Å². The maximum absolute atomic E-state index is 11.0. The molecule has 0 unspecified atom stereocenters. The molecule has 0 aliphatic heterocycles. The second-order valence-electron chi connectivity index (χ2n) is 9.10. The van der Waals surface area contributed by atoms with E-state index in [-0.39, 0.29) is 49.1 Å². The second-order valence-corrected chi connectivity index (χ2v) is 9.66. The summed E-state index contributed by atoms with van der Waals surface area (Å²) >= 11 is 2.94. The smallest absolute Gasteiger partial charge is 0.870 e. The number of Topliss-reactive ketones (excluding diaryl/α,β-unsaturated/α-hetero) is 1. The fourth-order valence-electron chi connectivity index (χ4n) is 4.15. The number of hydrogen-bond acceptors (Lipinski definition) is 9. The molecule has 0 bridgehead atoms. The van der Waals surface area contributed by atoms with Crippen molar-refractivity contribution < 1.29 is 68.3 Å². The summed E-state index contributed by atoms with van der Waals surface area (Å²) in [6.07, 6.45) is 10.8. The van der Waals surface area contributed by atoms with Crippen molar-refractivity contribution in [3.05, 3.63) is 0 Å². The van der Waals surface area contributed by atoms with E-state index in [1.165, 1.54) is 0 Å². The maximum Gasteiger partial charge on any atom is 1.00 e.